The largest absolute Gasteiger partial charge is 0.462 e. The van der Waals surface area contributed by atoms with Gasteiger partial charge in [-0.1, -0.05) is 0 Å². The van der Waals surface area contributed by atoms with Gasteiger partial charge in [0.2, 0.25) is 0 Å². The fourth-order valence-electron chi connectivity index (χ4n) is 9.65. The van der Waals surface area contributed by atoms with Gasteiger partial charge in [0.25, 0.3) is 0 Å². The lowest BCUT2D eigenvalue weighted by Crippen LogP contribution is -2.60. The van der Waals surface area contributed by atoms with Crippen LogP contribution in [0.25, 0.3) is 0 Å². The maximum Gasteiger partial charge on any atom is 0.309 e. The van der Waals surface area contributed by atoms with Gasteiger partial charge in [0.05, 0.1) is 17.8 Å². The fraction of sp³-hybridized carbons (Fsp3) is 0.917. The van der Waals surface area contributed by atoms with E-state index in [2.05, 4.69) is 66.0 Å². The van der Waals surface area contributed by atoms with Crippen LogP contribution in [0, 0.1) is 17.8 Å². The Labute approximate surface area is 277 Å². The highest BCUT2D eigenvalue weighted by Gasteiger charge is 2.49. The first-order valence-corrected chi connectivity index (χ1v) is 17.5. The van der Waals surface area contributed by atoms with Crippen molar-refractivity contribution in [1.29, 1.82) is 0 Å². The third-order valence-electron chi connectivity index (χ3n) is 10.4. The van der Waals surface area contributed by atoms with Gasteiger partial charge in [0.1, 0.15) is 18.3 Å². The summed E-state index contributed by atoms with van der Waals surface area (Å²) in [6.45, 7) is 24.5. The van der Waals surface area contributed by atoms with E-state index in [0.29, 0.717) is 57.8 Å². The van der Waals surface area contributed by atoms with Gasteiger partial charge < -0.3 is 30.1 Å². The van der Waals surface area contributed by atoms with Gasteiger partial charge in [0, 0.05) is 52.5 Å². The van der Waals surface area contributed by atoms with Crippen molar-refractivity contribution in [3.05, 3.63) is 0 Å². The van der Waals surface area contributed by atoms with Crippen molar-refractivity contribution in [2.75, 3.05) is 0 Å². The molecule has 2 unspecified atom stereocenters. The van der Waals surface area contributed by atoms with Gasteiger partial charge in [-0.15, -0.1) is 0 Å². The zero-order chi connectivity index (χ0) is 34.7. The normalized spacial score (nSPS) is 32.7. The zero-order valence-electron chi connectivity index (χ0n) is 30.7. The molecule has 0 aromatic carbocycles. The standard InChI is InChI=1S/C36H63N3O7/c1-31(2)16-22(17-32(3,4)37-31)28(40)44-25-13-26(45-29(41)23-18-33(5,6)38-34(7,8)19-23)15-27(14-25)46-30(42)24-20-35(9,10)39(43)36(11,12)21-24/h22-27,37-38,43H,13-21H2,1-12H3. The maximum atomic E-state index is 13.6. The van der Waals surface area contributed by atoms with E-state index >= 15 is 0 Å². The molecule has 4 rings (SSSR count). The Kier molecular flexibility index (Phi) is 10.2. The first-order valence-electron chi connectivity index (χ1n) is 17.5. The molecule has 0 aromatic heterocycles. The van der Waals surface area contributed by atoms with Crippen LogP contribution in [0.15, 0.2) is 0 Å². The van der Waals surface area contributed by atoms with Gasteiger partial charge in [0.15, 0.2) is 0 Å². The summed E-state index contributed by atoms with van der Waals surface area (Å²) < 4.78 is 18.5. The SMILES string of the molecule is CC1(C)CC(C(=O)OC2CC(OC(=O)C3CC(C)(C)NC(C)(C)C3)CC(OC(=O)C3CC(C)(C)N(O)C(C)(C)C3)C2)CC(C)(C)N1. The van der Waals surface area contributed by atoms with Crippen molar-refractivity contribution in [2.45, 2.75) is 192 Å². The van der Waals surface area contributed by atoms with Crippen LogP contribution in [0.4, 0.5) is 0 Å². The molecule has 3 aliphatic heterocycles. The summed E-state index contributed by atoms with van der Waals surface area (Å²) in [5, 5.41) is 19.3. The number of piperidine rings is 3. The van der Waals surface area contributed by atoms with E-state index in [4.69, 9.17) is 14.2 Å². The van der Waals surface area contributed by atoms with E-state index in [1.807, 2.05) is 27.7 Å². The molecule has 0 bridgehead atoms. The summed E-state index contributed by atoms with van der Waals surface area (Å²) in [5.41, 5.74) is -2.04. The van der Waals surface area contributed by atoms with E-state index in [0.717, 1.165) is 0 Å². The molecule has 1 aliphatic carbocycles. The van der Waals surface area contributed by atoms with Crippen molar-refractivity contribution < 1.29 is 33.8 Å². The minimum Gasteiger partial charge on any atom is -0.462 e. The molecular weight excluding hydrogens is 586 g/mol. The predicted octanol–water partition coefficient (Wildman–Crippen LogP) is 5.68. The Hall–Kier alpha value is -1.75. The summed E-state index contributed by atoms with van der Waals surface area (Å²) in [5.74, 6) is -1.73. The number of ether oxygens (including phenoxy) is 3. The van der Waals surface area contributed by atoms with Crippen molar-refractivity contribution in [3.63, 3.8) is 0 Å². The number of esters is 3. The molecule has 10 heteroatoms. The van der Waals surface area contributed by atoms with Gasteiger partial charge in [-0.25, -0.2) is 0 Å². The van der Waals surface area contributed by atoms with E-state index in [-0.39, 0.29) is 51.9 Å². The lowest BCUT2D eigenvalue weighted by molar-refractivity contribution is -0.252. The van der Waals surface area contributed by atoms with Crippen LogP contribution in [0.5, 0.6) is 0 Å². The van der Waals surface area contributed by atoms with Crippen LogP contribution < -0.4 is 10.6 Å². The van der Waals surface area contributed by atoms with Gasteiger partial charge in [-0.05, 0) is 122 Å². The Bertz CT molecular complexity index is 1050. The molecule has 1 saturated carbocycles. The molecule has 3 heterocycles. The molecule has 4 fully saturated rings. The van der Waals surface area contributed by atoms with Crippen molar-refractivity contribution in [3.8, 4) is 0 Å². The molecule has 0 radical (unpaired) electrons. The lowest BCUT2D eigenvalue weighted by Gasteiger charge is -2.51. The number of rotatable bonds is 6. The third kappa shape index (κ3) is 9.23. The molecule has 0 spiro atoms. The minimum absolute atomic E-state index is 0.212. The molecule has 0 amide bonds. The summed E-state index contributed by atoms with van der Waals surface area (Å²) in [6.07, 6.45) is 3.04. The molecule has 3 saturated heterocycles. The molecule has 10 nitrogen and oxygen atoms in total. The second-order valence-electron chi connectivity index (χ2n) is 18.9. The quantitative estimate of drug-likeness (QED) is 0.245. The van der Waals surface area contributed by atoms with Crippen LogP contribution in [0.2, 0.25) is 0 Å². The highest BCUT2D eigenvalue weighted by atomic mass is 16.6. The molecule has 4 aliphatic rings. The number of carbonyl (C=O) groups is 3. The van der Waals surface area contributed by atoms with Crippen LogP contribution >= 0.6 is 0 Å². The number of carbonyl (C=O) groups excluding carboxylic acids is 3. The van der Waals surface area contributed by atoms with E-state index < -0.39 is 35.3 Å². The fourth-order valence-corrected chi connectivity index (χ4v) is 9.65. The Morgan fingerprint density at radius 3 is 1.00 bits per heavy atom. The Balaban J connectivity index is 1.49. The Morgan fingerprint density at radius 2 is 0.739 bits per heavy atom. The summed E-state index contributed by atoms with van der Waals surface area (Å²) in [6, 6.07) is 0. The smallest absolute Gasteiger partial charge is 0.309 e. The maximum absolute atomic E-state index is 13.6. The van der Waals surface area contributed by atoms with Crippen molar-refractivity contribution in [2.24, 2.45) is 17.8 Å². The van der Waals surface area contributed by atoms with Crippen LogP contribution in [0.1, 0.15) is 141 Å². The summed E-state index contributed by atoms with van der Waals surface area (Å²) >= 11 is 0. The number of nitrogens with one attached hydrogen (secondary N) is 2. The van der Waals surface area contributed by atoms with Crippen LogP contribution in [-0.2, 0) is 28.6 Å². The molecular formula is C36H63N3O7. The number of hydrogen-bond donors (Lipinski definition) is 3. The molecule has 46 heavy (non-hydrogen) atoms. The predicted molar refractivity (Wildman–Crippen MR) is 176 cm³/mol. The van der Waals surface area contributed by atoms with E-state index in [1.54, 1.807) is 0 Å². The molecule has 0 aromatic rings. The first-order chi connectivity index (χ1) is 20.8. The monoisotopic (exact) mass is 649 g/mol. The average molecular weight is 650 g/mol. The number of nitrogens with zero attached hydrogens (tertiary/aromatic N) is 1. The second kappa shape index (κ2) is 12.6. The van der Waals surface area contributed by atoms with Crippen LogP contribution in [-0.4, -0.2) is 79.7 Å². The lowest BCUT2D eigenvalue weighted by atomic mass is 9.75. The summed E-state index contributed by atoms with van der Waals surface area (Å²) in [7, 11) is 0. The van der Waals surface area contributed by atoms with Gasteiger partial charge in [-0.3, -0.25) is 14.4 Å². The van der Waals surface area contributed by atoms with Crippen molar-refractivity contribution >= 4 is 17.9 Å². The second-order valence-corrected chi connectivity index (χ2v) is 18.9. The third-order valence-corrected chi connectivity index (χ3v) is 10.4. The van der Waals surface area contributed by atoms with E-state index in [1.165, 1.54) is 5.06 Å². The topological polar surface area (TPSA) is 126 Å². The van der Waals surface area contributed by atoms with Crippen LogP contribution in [0.3, 0.4) is 0 Å². The molecule has 2 atom stereocenters. The van der Waals surface area contributed by atoms with Gasteiger partial charge in [-0.2, -0.15) is 5.06 Å². The first kappa shape index (κ1) is 37.1. The van der Waals surface area contributed by atoms with E-state index in [9.17, 15) is 19.6 Å². The minimum atomic E-state index is -0.596. The summed E-state index contributed by atoms with van der Waals surface area (Å²) in [4.78, 5) is 40.9. The molecule has 264 valence electrons. The number of hydroxylamine groups is 2. The zero-order valence-corrected chi connectivity index (χ0v) is 30.7. The van der Waals surface area contributed by atoms with Crippen molar-refractivity contribution in [1.82, 2.24) is 15.7 Å². The average Bonchev–Trinajstić information content (AvgIpc) is 2.83. The Morgan fingerprint density at radius 1 is 0.500 bits per heavy atom. The number of hydrogen-bond acceptors (Lipinski definition) is 10. The molecule has 3 N–H and O–H groups in total. The van der Waals surface area contributed by atoms with Gasteiger partial charge >= 0.3 is 17.9 Å². The highest BCUT2D eigenvalue weighted by Crippen LogP contribution is 2.42. The highest BCUT2D eigenvalue weighted by molar-refractivity contribution is 5.74.